The number of pyridine rings is 1. The van der Waals surface area contributed by atoms with E-state index in [-0.39, 0.29) is 10.8 Å². The summed E-state index contributed by atoms with van der Waals surface area (Å²) in [5, 5.41) is 9.89. The van der Waals surface area contributed by atoms with Gasteiger partial charge in [-0.1, -0.05) is 11.6 Å². The minimum atomic E-state index is -0.505. The van der Waals surface area contributed by atoms with Gasteiger partial charge in [-0.15, -0.1) is 0 Å². The first-order chi connectivity index (χ1) is 9.51. The van der Waals surface area contributed by atoms with Gasteiger partial charge in [0.15, 0.2) is 0 Å². The summed E-state index contributed by atoms with van der Waals surface area (Å²) in [5.74, 6) is -0.114. The van der Waals surface area contributed by atoms with Crippen molar-refractivity contribution < 1.29 is 14.2 Å². The fraction of sp³-hybridized carbons (Fsp3) is 0.143. The fourth-order valence-corrected chi connectivity index (χ4v) is 1.75. The third-order valence-electron chi connectivity index (χ3n) is 2.64. The number of ether oxygens (including phenoxy) is 1. The van der Waals surface area contributed by atoms with Crippen LogP contribution in [0.1, 0.15) is 11.3 Å². The number of aromatic hydroxyl groups is 1. The monoisotopic (exact) mass is 294 g/mol. The predicted molar refractivity (Wildman–Crippen MR) is 75.9 cm³/mol. The molecule has 0 fully saturated rings. The molecule has 4 nitrogen and oxygen atoms in total. The summed E-state index contributed by atoms with van der Waals surface area (Å²) in [6.45, 7) is 1.66. The summed E-state index contributed by atoms with van der Waals surface area (Å²) in [4.78, 5) is 8.16. The maximum atomic E-state index is 13.0. The molecule has 6 heteroatoms. The second-order valence-electron chi connectivity index (χ2n) is 4.04. The quantitative estimate of drug-likeness (QED) is 0.879. The number of rotatable bonds is 3. The Bertz CT molecular complexity index is 674. The zero-order valence-corrected chi connectivity index (χ0v) is 11.6. The van der Waals surface area contributed by atoms with Crippen LogP contribution in [0.3, 0.4) is 0 Å². The molecule has 0 atom stereocenters. The highest BCUT2D eigenvalue weighted by molar-refractivity contribution is 6.31. The van der Waals surface area contributed by atoms with Crippen molar-refractivity contribution in [2.75, 3.05) is 7.11 Å². The molecule has 1 aromatic carbocycles. The van der Waals surface area contributed by atoms with E-state index in [1.807, 2.05) is 0 Å². The highest BCUT2D eigenvalue weighted by Gasteiger charge is 2.07. The van der Waals surface area contributed by atoms with E-state index in [1.54, 1.807) is 13.0 Å². The van der Waals surface area contributed by atoms with E-state index in [4.69, 9.17) is 16.3 Å². The summed E-state index contributed by atoms with van der Waals surface area (Å²) < 4.78 is 18.1. The molecular weight excluding hydrogens is 283 g/mol. The van der Waals surface area contributed by atoms with Crippen LogP contribution in [0.2, 0.25) is 5.02 Å². The van der Waals surface area contributed by atoms with E-state index in [9.17, 15) is 9.50 Å². The molecule has 2 aromatic rings. The molecule has 1 N–H and O–H groups in total. The minimum absolute atomic E-state index is 0.00707. The second-order valence-corrected chi connectivity index (χ2v) is 4.45. The normalized spacial score (nSPS) is 11.0. The maximum absolute atomic E-state index is 13.0. The molecule has 0 unspecified atom stereocenters. The average Bonchev–Trinajstić information content (AvgIpc) is 2.44. The van der Waals surface area contributed by atoms with Crippen molar-refractivity contribution in [3.63, 3.8) is 0 Å². The van der Waals surface area contributed by atoms with Crippen molar-refractivity contribution in [2.24, 2.45) is 4.99 Å². The Balaban J connectivity index is 2.35. The number of hydrogen-bond acceptors (Lipinski definition) is 4. The van der Waals surface area contributed by atoms with E-state index < -0.39 is 5.82 Å². The van der Waals surface area contributed by atoms with Gasteiger partial charge < -0.3 is 9.84 Å². The number of nitrogens with zero attached hydrogens (tertiary/aromatic N) is 2. The van der Waals surface area contributed by atoms with Crippen LogP contribution in [0.25, 0.3) is 0 Å². The molecule has 1 aromatic heterocycles. The minimum Gasteiger partial charge on any atom is -0.505 e. The van der Waals surface area contributed by atoms with Crippen LogP contribution >= 0.6 is 11.6 Å². The third kappa shape index (κ3) is 3.05. The topological polar surface area (TPSA) is 54.7 Å². The number of benzene rings is 1. The van der Waals surface area contributed by atoms with Gasteiger partial charge in [0.25, 0.3) is 0 Å². The molecule has 0 amide bonds. The molecular formula is C14H12ClFN2O2. The fourth-order valence-electron chi connectivity index (χ4n) is 1.57. The zero-order valence-electron chi connectivity index (χ0n) is 10.9. The summed E-state index contributed by atoms with van der Waals surface area (Å²) in [5.41, 5.74) is 1.36. The average molecular weight is 295 g/mol. The van der Waals surface area contributed by atoms with Gasteiger partial charge in [-0.2, -0.15) is 0 Å². The molecule has 2 rings (SSSR count). The lowest BCUT2D eigenvalue weighted by Gasteiger charge is -2.05. The largest absolute Gasteiger partial charge is 0.505 e. The molecule has 0 aliphatic carbocycles. The van der Waals surface area contributed by atoms with Gasteiger partial charge in [-0.05, 0) is 25.1 Å². The molecule has 0 spiro atoms. The van der Waals surface area contributed by atoms with Gasteiger partial charge in [-0.25, -0.2) is 9.37 Å². The Hall–Kier alpha value is -2.14. The van der Waals surface area contributed by atoms with Gasteiger partial charge >= 0.3 is 0 Å². The van der Waals surface area contributed by atoms with E-state index in [2.05, 4.69) is 9.98 Å². The van der Waals surface area contributed by atoms with Gasteiger partial charge in [0, 0.05) is 17.8 Å². The SMILES string of the molecule is COc1cc(/C=N/c2ccc(F)c(Cl)c2)c(O)c(C)n1. The highest BCUT2D eigenvalue weighted by atomic mass is 35.5. The molecule has 104 valence electrons. The summed E-state index contributed by atoms with van der Waals surface area (Å²) in [6.07, 6.45) is 1.44. The Morgan fingerprint density at radius 2 is 2.15 bits per heavy atom. The van der Waals surface area contributed by atoms with Crippen LogP contribution in [-0.4, -0.2) is 23.4 Å². The Morgan fingerprint density at radius 3 is 2.80 bits per heavy atom. The molecule has 0 aliphatic heterocycles. The first-order valence-electron chi connectivity index (χ1n) is 5.75. The van der Waals surface area contributed by atoms with E-state index >= 15 is 0 Å². The van der Waals surface area contributed by atoms with Crippen molar-refractivity contribution in [3.05, 3.63) is 46.4 Å². The van der Waals surface area contributed by atoms with Crippen LogP contribution in [0.4, 0.5) is 10.1 Å². The summed E-state index contributed by atoms with van der Waals surface area (Å²) >= 11 is 5.67. The lowest BCUT2D eigenvalue weighted by atomic mass is 10.2. The third-order valence-corrected chi connectivity index (χ3v) is 2.93. The first kappa shape index (κ1) is 14.3. The van der Waals surface area contributed by atoms with Crippen molar-refractivity contribution in [1.29, 1.82) is 0 Å². The van der Waals surface area contributed by atoms with Crippen LogP contribution in [0.15, 0.2) is 29.3 Å². The van der Waals surface area contributed by atoms with Gasteiger partial charge in [0.05, 0.1) is 23.5 Å². The summed E-state index contributed by atoms with van der Waals surface area (Å²) in [6, 6.07) is 5.67. The number of aromatic nitrogens is 1. The molecule has 0 saturated carbocycles. The Morgan fingerprint density at radius 1 is 1.40 bits per heavy atom. The first-order valence-corrected chi connectivity index (χ1v) is 6.12. The van der Waals surface area contributed by atoms with Crippen molar-refractivity contribution >= 4 is 23.5 Å². The molecule has 0 radical (unpaired) electrons. The van der Waals surface area contributed by atoms with Gasteiger partial charge in [0.2, 0.25) is 5.88 Å². The number of halogens is 2. The van der Waals surface area contributed by atoms with Gasteiger partial charge in [0.1, 0.15) is 11.6 Å². The van der Waals surface area contributed by atoms with Crippen LogP contribution < -0.4 is 4.74 Å². The molecule has 0 bridgehead atoms. The number of methoxy groups -OCH3 is 1. The predicted octanol–water partition coefficient (Wildman–Crippen LogP) is 3.65. The standard InChI is InChI=1S/C14H12ClFN2O2/c1-8-14(19)9(5-13(18-8)20-2)7-17-10-3-4-12(16)11(15)6-10/h3-7,19H,1-2H3/b17-7+. The summed E-state index contributed by atoms with van der Waals surface area (Å²) in [7, 11) is 1.49. The highest BCUT2D eigenvalue weighted by Crippen LogP contribution is 2.25. The van der Waals surface area contributed by atoms with E-state index in [0.717, 1.165) is 0 Å². The van der Waals surface area contributed by atoms with Crippen LogP contribution in [-0.2, 0) is 0 Å². The lowest BCUT2D eigenvalue weighted by Crippen LogP contribution is -1.94. The lowest BCUT2D eigenvalue weighted by molar-refractivity contribution is 0.392. The second kappa shape index (κ2) is 5.88. The molecule has 20 heavy (non-hydrogen) atoms. The van der Waals surface area contributed by atoms with Crippen molar-refractivity contribution in [3.8, 4) is 11.6 Å². The van der Waals surface area contributed by atoms with Gasteiger partial charge in [-0.3, -0.25) is 4.99 Å². The number of hydrogen-bond donors (Lipinski definition) is 1. The van der Waals surface area contributed by atoms with Crippen molar-refractivity contribution in [2.45, 2.75) is 6.92 Å². The smallest absolute Gasteiger partial charge is 0.214 e. The number of aryl methyl sites for hydroxylation is 1. The van der Waals surface area contributed by atoms with Crippen LogP contribution in [0, 0.1) is 12.7 Å². The molecule has 0 saturated heterocycles. The molecule has 0 aliphatic rings. The van der Waals surface area contributed by atoms with E-state index in [1.165, 1.54) is 31.5 Å². The molecule has 1 heterocycles. The Labute approximate surface area is 120 Å². The van der Waals surface area contributed by atoms with E-state index in [0.29, 0.717) is 22.8 Å². The zero-order chi connectivity index (χ0) is 14.7. The maximum Gasteiger partial charge on any atom is 0.214 e. The van der Waals surface area contributed by atoms with Crippen LogP contribution in [0.5, 0.6) is 11.6 Å². The number of aliphatic imine (C=N–C) groups is 1. The Kier molecular flexibility index (Phi) is 4.20. The van der Waals surface area contributed by atoms with Crippen molar-refractivity contribution in [1.82, 2.24) is 4.98 Å².